The summed E-state index contributed by atoms with van der Waals surface area (Å²) in [6.07, 6.45) is 5.89. The van der Waals surface area contributed by atoms with Crippen molar-refractivity contribution in [2.24, 2.45) is 0 Å². The topological polar surface area (TPSA) is 37.0 Å². The minimum absolute atomic E-state index is 0.650. The molecule has 0 aromatic carbocycles. The molecule has 0 saturated carbocycles. The van der Waals surface area contributed by atoms with E-state index in [4.69, 9.17) is 0 Å². The summed E-state index contributed by atoms with van der Waals surface area (Å²) in [5, 5.41) is 7.00. The van der Waals surface area contributed by atoms with E-state index in [1.54, 1.807) is 0 Å². The molecule has 0 unspecified atom stereocenters. The van der Waals surface area contributed by atoms with Crippen LogP contribution < -0.4 is 10.6 Å². The van der Waals surface area contributed by atoms with Crippen LogP contribution in [0.1, 0.15) is 24.8 Å². The molecule has 1 fully saturated rings. The van der Waals surface area contributed by atoms with Crippen LogP contribution in [-0.2, 0) is 6.54 Å². The highest BCUT2D eigenvalue weighted by molar-refractivity contribution is 9.10. The smallest absolute Gasteiger partial charge is 0.106 e. The molecule has 1 aliphatic heterocycles. The highest BCUT2D eigenvalue weighted by Crippen LogP contribution is 2.07. The summed E-state index contributed by atoms with van der Waals surface area (Å²) in [7, 11) is 0. The third-order valence-corrected chi connectivity index (χ3v) is 3.39. The number of piperidine rings is 1. The molecule has 4 heteroatoms. The molecule has 16 heavy (non-hydrogen) atoms. The second-order valence-electron chi connectivity index (χ2n) is 4.27. The minimum Gasteiger partial charge on any atom is -0.313 e. The Labute approximate surface area is 105 Å². The summed E-state index contributed by atoms with van der Waals surface area (Å²) in [4.78, 5) is 4.21. The number of nitrogens with zero attached hydrogens (tertiary/aromatic N) is 1. The molecule has 0 amide bonds. The Morgan fingerprint density at radius 3 is 3.06 bits per heavy atom. The lowest BCUT2D eigenvalue weighted by atomic mass is 10.1. The Kier molecular flexibility index (Phi) is 4.75. The van der Waals surface area contributed by atoms with Gasteiger partial charge in [0.05, 0.1) is 0 Å². The van der Waals surface area contributed by atoms with Crippen molar-refractivity contribution in [3.05, 3.63) is 28.5 Å². The molecule has 0 aliphatic carbocycles. The summed E-state index contributed by atoms with van der Waals surface area (Å²) in [5.74, 6) is 0. The van der Waals surface area contributed by atoms with Crippen LogP contribution in [0.25, 0.3) is 0 Å². The van der Waals surface area contributed by atoms with Gasteiger partial charge in [0.15, 0.2) is 0 Å². The standard InChI is InChI=1S/C12H18BrN3/c13-12-5-4-10(8-16-12)7-14-9-11-3-1-2-6-15-11/h4-5,8,11,14-15H,1-3,6-7,9H2/t11-/m1/s1. The molecule has 1 aromatic rings. The summed E-state index contributed by atoms with van der Waals surface area (Å²) >= 11 is 3.33. The zero-order valence-corrected chi connectivity index (χ0v) is 11.0. The fraction of sp³-hybridized carbons (Fsp3) is 0.583. The normalized spacial score (nSPS) is 20.9. The molecule has 3 nitrogen and oxygen atoms in total. The number of pyridine rings is 1. The maximum Gasteiger partial charge on any atom is 0.106 e. The fourth-order valence-electron chi connectivity index (χ4n) is 2.00. The Hall–Kier alpha value is -0.450. The Bertz CT molecular complexity index is 307. The Morgan fingerprint density at radius 1 is 1.44 bits per heavy atom. The van der Waals surface area contributed by atoms with Crippen molar-refractivity contribution in [2.75, 3.05) is 13.1 Å². The zero-order valence-electron chi connectivity index (χ0n) is 9.38. The molecule has 2 rings (SSSR count). The van der Waals surface area contributed by atoms with Crippen LogP contribution >= 0.6 is 15.9 Å². The van der Waals surface area contributed by atoms with Gasteiger partial charge in [-0.05, 0) is 46.9 Å². The van der Waals surface area contributed by atoms with E-state index >= 15 is 0 Å². The first-order valence-electron chi connectivity index (χ1n) is 5.89. The number of hydrogen-bond donors (Lipinski definition) is 2. The number of aromatic nitrogens is 1. The fourth-order valence-corrected chi connectivity index (χ4v) is 2.23. The molecule has 2 heterocycles. The number of halogens is 1. The van der Waals surface area contributed by atoms with Gasteiger partial charge in [0.1, 0.15) is 4.60 Å². The average Bonchev–Trinajstić information content (AvgIpc) is 2.33. The second-order valence-corrected chi connectivity index (χ2v) is 5.08. The number of nitrogens with one attached hydrogen (secondary N) is 2. The van der Waals surface area contributed by atoms with Gasteiger partial charge in [-0.3, -0.25) is 0 Å². The monoisotopic (exact) mass is 283 g/mol. The highest BCUT2D eigenvalue weighted by atomic mass is 79.9. The molecule has 0 spiro atoms. The van der Waals surface area contributed by atoms with E-state index in [0.717, 1.165) is 17.7 Å². The van der Waals surface area contributed by atoms with E-state index in [0.29, 0.717) is 6.04 Å². The van der Waals surface area contributed by atoms with Gasteiger partial charge in [0.25, 0.3) is 0 Å². The van der Waals surface area contributed by atoms with Crippen LogP contribution in [0, 0.1) is 0 Å². The molecule has 0 radical (unpaired) electrons. The molecule has 88 valence electrons. The van der Waals surface area contributed by atoms with Gasteiger partial charge in [0.2, 0.25) is 0 Å². The number of rotatable bonds is 4. The second kappa shape index (κ2) is 6.33. The first kappa shape index (κ1) is 12.0. The van der Waals surface area contributed by atoms with E-state index < -0.39 is 0 Å². The van der Waals surface area contributed by atoms with E-state index in [-0.39, 0.29) is 0 Å². The summed E-state index contributed by atoms with van der Waals surface area (Å²) in [6.45, 7) is 3.13. The average molecular weight is 284 g/mol. The van der Waals surface area contributed by atoms with Gasteiger partial charge in [-0.15, -0.1) is 0 Å². The summed E-state index contributed by atoms with van der Waals surface area (Å²) in [5.41, 5.74) is 1.24. The van der Waals surface area contributed by atoms with Crippen molar-refractivity contribution in [1.82, 2.24) is 15.6 Å². The van der Waals surface area contributed by atoms with E-state index in [9.17, 15) is 0 Å². The Balaban J connectivity index is 1.69. The van der Waals surface area contributed by atoms with Crippen molar-refractivity contribution < 1.29 is 0 Å². The first-order chi connectivity index (χ1) is 7.84. The van der Waals surface area contributed by atoms with Crippen molar-refractivity contribution in [2.45, 2.75) is 31.8 Å². The molecular formula is C12H18BrN3. The van der Waals surface area contributed by atoms with Crippen LogP contribution in [0.4, 0.5) is 0 Å². The molecule has 0 bridgehead atoms. The predicted molar refractivity (Wildman–Crippen MR) is 69.3 cm³/mol. The maximum atomic E-state index is 4.21. The first-order valence-corrected chi connectivity index (χ1v) is 6.68. The van der Waals surface area contributed by atoms with Crippen LogP contribution in [0.5, 0.6) is 0 Å². The number of hydrogen-bond acceptors (Lipinski definition) is 3. The van der Waals surface area contributed by atoms with Crippen LogP contribution in [0.3, 0.4) is 0 Å². The van der Waals surface area contributed by atoms with E-state index in [1.807, 2.05) is 12.3 Å². The van der Waals surface area contributed by atoms with Crippen molar-refractivity contribution in [1.29, 1.82) is 0 Å². The third-order valence-electron chi connectivity index (χ3n) is 2.92. The molecule has 2 N–H and O–H groups in total. The minimum atomic E-state index is 0.650. The van der Waals surface area contributed by atoms with Crippen LogP contribution in [0.2, 0.25) is 0 Å². The van der Waals surface area contributed by atoms with Crippen LogP contribution in [0.15, 0.2) is 22.9 Å². The predicted octanol–water partition coefficient (Wildman–Crippen LogP) is 2.08. The van der Waals surface area contributed by atoms with Crippen LogP contribution in [-0.4, -0.2) is 24.1 Å². The summed E-state index contributed by atoms with van der Waals surface area (Å²) < 4.78 is 0.894. The lowest BCUT2D eigenvalue weighted by molar-refractivity contribution is 0.383. The quantitative estimate of drug-likeness (QED) is 0.831. The van der Waals surface area contributed by atoms with Gasteiger partial charge < -0.3 is 10.6 Å². The van der Waals surface area contributed by atoms with E-state index in [1.165, 1.54) is 31.4 Å². The largest absolute Gasteiger partial charge is 0.313 e. The van der Waals surface area contributed by atoms with Crippen molar-refractivity contribution in [3.63, 3.8) is 0 Å². The molecule has 1 aromatic heterocycles. The van der Waals surface area contributed by atoms with Crippen molar-refractivity contribution >= 4 is 15.9 Å². The lowest BCUT2D eigenvalue weighted by Gasteiger charge is -2.23. The van der Waals surface area contributed by atoms with Crippen molar-refractivity contribution in [3.8, 4) is 0 Å². The van der Waals surface area contributed by atoms with Gasteiger partial charge in [-0.25, -0.2) is 4.98 Å². The van der Waals surface area contributed by atoms with Gasteiger partial charge in [-0.2, -0.15) is 0 Å². The molecule has 1 aliphatic rings. The lowest BCUT2D eigenvalue weighted by Crippen LogP contribution is -2.41. The maximum absolute atomic E-state index is 4.21. The highest BCUT2D eigenvalue weighted by Gasteiger charge is 2.11. The Morgan fingerprint density at radius 2 is 2.38 bits per heavy atom. The summed E-state index contributed by atoms with van der Waals surface area (Å²) in [6, 6.07) is 4.73. The van der Waals surface area contributed by atoms with Gasteiger partial charge >= 0.3 is 0 Å². The third kappa shape index (κ3) is 3.85. The SMILES string of the molecule is Brc1ccc(CNC[C@H]2CCCCN2)cn1. The van der Waals surface area contributed by atoms with E-state index in [2.05, 4.69) is 37.6 Å². The zero-order chi connectivity index (χ0) is 11.2. The van der Waals surface area contributed by atoms with Gasteiger partial charge in [0, 0.05) is 25.3 Å². The molecule has 1 atom stereocenters. The van der Waals surface area contributed by atoms with Gasteiger partial charge in [-0.1, -0.05) is 12.5 Å². The molecular weight excluding hydrogens is 266 g/mol. The molecule has 1 saturated heterocycles.